The van der Waals surface area contributed by atoms with Crippen LogP contribution in [-0.2, 0) is 15.4 Å². The second-order valence-electron chi connectivity index (χ2n) is 5.70. The van der Waals surface area contributed by atoms with Gasteiger partial charge in [-0.15, -0.1) is 12.6 Å². The number of hydrogen-bond acceptors (Lipinski definition) is 5. The highest BCUT2D eigenvalue weighted by molar-refractivity contribution is 7.93. The molecule has 0 spiro atoms. The molecule has 1 aromatic rings. The molecule has 1 heterocycles. The van der Waals surface area contributed by atoms with Crippen LogP contribution in [0.5, 0.6) is 0 Å². The smallest absolute Gasteiger partial charge is 0.165 e. The van der Waals surface area contributed by atoms with Crippen LogP contribution in [0.2, 0.25) is 0 Å². The number of thiol groups is 1. The van der Waals surface area contributed by atoms with Crippen molar-refractivity contribution in [1.82, 2.24) is 0 Å². The Labute approximate surface area is 123 Å². The maximum atomic E-state index is 14.0. The first-order valence-electron chi connectivity index (χ1n) is 6.07. The third-order valence-electron chi connectivity index (χ3n) is 3.76. The van der Waals surface area contributed by atoms with E-state index in [0.717, 1.165) is 0 Å². The van der Waals surface area contributed by atoms with Gasteiger partial charge >= 0.3 is 0 Å². The van der Waals surface area contributed by atoms with E-state index in [1.54, 1.807) is 6.92 Å². The van der Waals surface area contributed by atoms with Gasteiger partial charge in [-0.25, -0.2) is 12.8 Å². The average molecular weight is 316 g/mol. The topological polar surface area (TPSA) is 72.5 Å². The summed E-state index contributed by atoms with van der Waals surface area (Å²) in [6.07, 6.45) is 0. The van der Waals surface area contributed by atoms with E-state index < -0.39 is 25.9 Å². The van der Waals surface area contributed by atoms with E-state index in [-0.39, 0.29) is 17.2 Å². The lowest BCUT2D eigenvalue weighted by Crippen LogP contribution is -2.54. The van der Waals surface area contributed by atoms with Gasteiger partial charge in [-0.1, -0.05) is 0 Å². The number of hydrogen-bond donors (Lipinski definition) is 2. The largest absolute Gasteiger partial charge is 0.386 e. The molecule has 0 radical (unpaired) electrons. The summed E-state index contributed by atoms with van der Waals surface area (Å²) < 4.78 is 37.6. The van der Waals surface area contributed by atoms with Crippen LogP contribution >= 0.6 is 12.6 Å². The zero-order chi connectivity index (χ0) is 15.3. The summed E-state index contributed by atoms with van der Waals surface area (Å²) in [5, 5.41) is 0. The van der Waals surface area contributed by atoms with E-state index in [4.69, 9.17) is 5.73 Å². The van der Waals surface area contributed by atoms with E-state index >= 15 is 0 Å². The number of nitrogens with zero attached hydrogens (tertiary/aromatic N) is 1. The monoisotopic (exact) mass is 316 g/mol. The maximum Gasteiger partial charge on any atom is 0.165 e. The fraction of sp³-hybridized carbons (Fsp3) is 0.462. The normalized spacial score (nSPS) is 27.9. The molecule has 4 nitrogen and oxygen atoms in total. The van der Waals surface area contributed by atoms with Gasteiger partial charge in [0.2, 0.25) is 0 Å². The molecule has 1 atom stereocenters. The molecule has 0 aromatic heterocycles. The Morgan fingerprint density at radius 2 is 1.95 bits per heavy atom. The van der Waals surface area contributed by atoms with Crippen LogP contribution in [-0.4, -0.2) is 24.8 Å². The molecule has 20 heavy (non-hydrogen) atoms. The predicted octanol–water partition coefficient (Wildman–Crippen LogP) is 1.89. The molecule has 2 N–H and O–H groups in total. The summed E-state index contributed by atoms with van der Waals surface area (Å²) in [5.74, 6) is -0.811. The van der Waals surface area contributed by atoms with E-state index in [0.29, 0.717) is 4.90 Å². The number of halogens is 1. The van der Waals surface area contributed by atoms with Crippen LogP contribution in [0.1, 0.15) is 26.3 Å². The second kappa shape index (κ2) is 4.46. The van der Waals surface area contributed by atoms with E-state index in [9.17, 15) is 12.8 Å². The first-order valence-corrected chi connectivity index (χ1v) is 8.17. The molecule has 0 aliphatic carbocycles. The number of amidine groups is 1. The van der Waals surface area contributed by atoms with Gasteiger partial charge in [-0.05, 0) is 39.0 Å². The lowest BCUT2D eigenvalue weighted by Gasteiger charge is -2.37. The minimum Gasteiger partial charge on any atom is -0.386 e. The van der Waals surface area contributed by atoms with Gasteiger partial charge < -0.3 is 5.73 Å². The Bertz CT molecular complexity index is 698. The molecule has 0 fully saturated rings. The molecular weight excluding hydrogens is 299 g/mol. The van der Waals surface area contributed by atoms with Gasteiger partial charge in [-0.2, -0.15) is 0 Å². The lowest BCUT2D eigenvalue weighted by molar-refractivity contribution is 0.474. The van der Waals surface area contributed by atoms with Crippen molar-refractivity contribution in [2.75, 3.05) is 5.75 Å². The Balaban J connectivity index is 2.69. The van der Waals surface area contributed by atoms with Crippen molar-refractivity contribution in [3.63, 3.8) is 0 Å². The van der Waals surface area contributed by atoms with Crippen molar-refractivity contribution in [3.05, 3.63) is 29.6 Å². The number of rotatable bonds is 1. The molecule has 7 heteroatoms. The van der Waals surface area contributed by atoms with Crippen molar-refractivity contribution in [3.8, 4) is 0 Å². The first kappa shape index (κ1) is 15.3. The lowest BCUT2D eigenvalue weighted by atomic mass is 9.93. The van der Waals surface area contributed by atoms with Crippen molar-refractivity contribution in [2.24, 2.45) is 10.7 Å². The summed E-state index contributed by atoms with van der Waals surface area (Å²) in [4.78, 5) is 4.82. The molecule has 1 aliphatic heterocycles. The van der Waals surface area contributed by atoms with Crippen LogP contribution < -0.4 is 5.73 Å². The van der Waals surface area contributed by atoms with Gasteiger partial charge in [0.05, 0.1) is 5.75 Å². The van der Waals surface area contributed by atoms with Gasteiger partial charge in [0.15, 0.2) is 9.84 Å². The zero-order valence-corrected chi connectivity index (χ0v) is 13.2. The zero-order valence-electron chi connectivity index (χ0n) is 11.5. The molecule has 1 unspecified atom stereocenters. The number of aliphatic imine (C=N–C) groups is 1. The van der Waals surface area contributed by atoms with E-state index in [2.05, 4.69) is 17.6 Å². The molecule has 1 aromatic carbocycles. The fourth-order valence-electron chi connectivity index (χ4n) is 2.21. The van der Waals surface area contributed by atoms with E-state index in [1.165, 1.54) is 32.0 Å². The van der Waals surface area contributed by atoms with Gasteiger partial charge in [0.25, 0.3) is 0 Å². The maximum absolute atomic E-state index is 14.0. The van der Waals surface area contributed by atoms with Gasteiger partial charge in [-0.3, -0.25) is 4.99 Å². The van der Waals surface area contributed by atoms with Gasteiger partial charge in [0, 0.05) is 10.5 Å². The third-order valence-corrected chi connectivity index (χ3v) is 6.75. The summed E-state index contributed by atoms with van der Waals surface area (Å²) in [5.41, 5.74) is 4.77. The molecule has 0 bridgehead atoms. The highest BCUT2D eigenvalue weighted by Gasteiger charge is 2.49. The van der Waals surface area contributed by atoms with Crippen LogP contribution in [0.4, 0.5) is 4.39 Å². The standard InChI is InChI=1S/C13H17FN2O2S2/c1-12(2)11(15)16-13(3,7-20(12,17)18)9-6-8(19)4-5-10(9)14/h4-6,19H,7H2,1-3H3,(H2,15,16). The highest BCUT2D eigenvalue weighted by Crippen LogP contribution is 2.38. The van der Waals surface area contributed by atoms with E-state index in [1.807, 2.05) is 0 Å². The summed E-state index contributed by atoms with van der Waals surface area (Å²) in [7, 11) is -3.54. The molecule has 0 saturated carbocycles. The Morgan fingerprint density at radius 1 is 1.35 bits per heavy atom. The number of nitrogens with two attached hydrogens (primary N) is 1. The van der Waals surface area contributed by atoms with Crippen molar-refractivity contribution >= 4 is 28.3 Å². The minimum absolute atomic E-state index is 0.00443. The fourth-order valence-corrected chi connectivity index (χ4v) is 4.10. The predicted molar refractivity (Wildman–Crippen MR) is 80.5 cm³/mol. The minimum atomic E-state index is -3.54. The van der Waals surface area contributed by atoms with Crippen LogP contribution in [0.25, 0.3) is 0 Å². The SMILES string of the molecule is CC1(c2cc(S)ccc2F)CS(=O)(=O)C(C)(C)C(N)=N1. The van der Waals surface area contributed by atoms with Crippen LogP contribution in [0, 0.1) is 5.82 Å². The van der Waals surface area contributed by atoms with Crippen LogP contribution in [0.3, 0.4) is 0 Å². The van der Waals surface area contributed by atoms with Crippen molar-refractivity contribution < 1.29 is 12.8 Å². The van der Waals surface area contributed by atoms with Crippen molar-refractivity contribution in [2.45, 2.75) is 36.0 Å². The van der Waals surface area contributed by atoms with Crippen molar-refractivity contribution in [1.29, 1.82) is 0 Å². The quantitative estimate of drug-likeness (QED) is 0.777. The molecular formula is C13H17FN2O2S2. The molecule has 0 amide bonds. The molecule has 1 aliphatic rings. The second-order valence-corrected chi connectivity index (χ2v) is 8.76. The molecule has 110 valence electrons. The highest BCUT2D eigenvalue weighted by atomic mass is 32.2. The molecule has 2 rings (SSSR count). The first-order chi connectivity index (χ1) is 8.99. The van der Waals surface area contributed by atoms with Gasteiger partial charge in [0.1, 0.15) is 21.9 Å². The molecule has 0 saturated heterocycles. The van der Waals surface area contributed by atoms with Crippen LogP contribution in [0.15, 0.2) is 28.1 Å². The Morgan fingerprint density at radius 3 is 2.50 bits per heavy atom. The number of benzene rings is 1. The third kappa shape index (κ3) is 2.22. The summed E-state index contributed by atoms with van der Waals surface area (Å²) in [6, 6.07) is 4.24. The Hall–Kier alpha value is -1.08. The average Bonchev–Trinajstić information content (AvgIpc) is 2.29. The summed E-state index contributed by atoms with van der Waals surface area (Å²) >= 11 is 4.16. The Kier molecular flexibility index (Phi) is 3.41. The summed E-state index contributed by atoms with van der Waals surface area (Å²) in [6.45, 7) is 4.58. The number of sulfone groups is 1.